The van der Waals surface area contributed by atoms with Crippen LogP contribution in [-0.4, -0.2) is 30.2 Å². The Hall–Kier alpha value is -3.30. The molecular formula is C25H18Cl3N3O4S. The fraction of sp³-hybridized carbons (Fsp3) is 0.0800. The van der Waals surface area contributed by atoms with E-state index in [4.69, 9.17) is 61.2 Å². The minimum absolute atomic E-state index is 0.0489. The van der Waals surface area contributed by atoms with Crippen molar-refractivity contribution in [1.29, 1.82) is 0 Å². The predicted octanol–water partition coefficient (Wildman–Crippen LogP) is 7.13. The number of benzene rings is 3. The fourth-order valence-corrected chi connectivity index (χ4v) is 4.28. The van der Waals surface area contributed by atoms with E-state index in [0.29, 0.717) is 49.3 Å². The molecule has 1 aromatic heterocycles. The van der Waals surface area contributed by atoms with Gasteiger partial charge in [0.05, 0.1) is 30.4 Å². The number of thiocarbonyl (C=S) groups is 1. The van der Waals surface area contributed by atoms with Crippen molar-refractivity contribution in [1.82, 2.24) is 10.3 Å². The number of rotatable bonds is 6. The van der Waals surface area contributed by atoms with E-state index >= 15 is 0 Å². The third kappa shape index (κ3) is 5.91. The van der Waals surface area contributed by atoms with Crippen molar-refractivity contribution in [2.75, 3.05) is 19.5 Å². The van der Waals surface area contributed by atoms with Crippen LogP contribution >= 0.6 is 47.0 Å². The molecule has 1 heterocycles. The van der Waals surface area contributed by atoms with Crippen LogP contribution in [0.5, 0.6) is 23.0 Å². The summed E-state index contributed by atoms with van der Waals surface area (Å²) in [5.41, 5.74) is 1.42. The van der Waals surface area contributed by atoms with Gasteiger partial charge in [0, 0.05) is 39.3 Å². The van der Waals surface area contributed by atoms with E-state index in [-0.39, 0.29) is 10.7 Å². The molecule has 0 unspecified atom stereocenters. The molecule has 0 spiro atoms. The van der Waals surface area contributed by atoms with Gasteiger partial charge in [-0.2, -0.15) is 0 Å². The number of hydrogen-bond acceptors (Lipinski definition) is 6. The van der Waals surface area contributed by atoms with Crippen LogP contribution in [0.2, 0.25) is 15.1 Å². The van der Waals surface area contributed by atoms with Gasteiger partial charge in [0.15, 0.2) is 16.6 Å². The quantitative estimate of drug-likeness (QED) is 0.242. The molecule has 184 valence electrons. The van der Waals surface area contributed by atoms with Crippen LogP contribution in [0, 0.1) is 0 Å². The second kappa shape index (κ2) is 11.2. The van der Waals surface area contributed by atoms with Gasteiger partial charge in [-0.15, -0.1) is 0 Å². The minimum Gasteiger partial charge on any atom is -0.493 e. The Morgan fingerprint density at radius 2 is 1.58 bits per heavy atom. The van der Waals surface area contributed by atoms with Gasteiger partial charge in [0.2, 0.25) is 0 Å². The van der Waals surface area contributed by atoms with Gasteiger partial charge in [0.1, 0.15) is 11.5 Å². The van der Waals surface area contributed by atoms with Crippen molar-refractivity contribution < 1.29 is 19.0 Å². The van der Waals surface area contributed by atoms with Crippen LogP contribution in [0.3, 0.4) is 0 Å². The molecule has 2 N–H and O–H groups in total. The third-order valence-corrected chi connectivity index (χ3v) is 5.93. The molecule has 0 saturated heterocycles. The number of carbonyl (C=O) groups excluding carboxylic acids is 1. The first kappa shape index (κ1) is 25.8. The molecule has 36 heavy (non-hydrogen) atoms. The summed E-state index contributed by atoms with van der Waals surface area (Å²) in [6.45, 7) is 0. The normalized spacial score (nSPS) is 10.6. The summed E-state index contributed by atoms with van der Waals surface area (Å²) in [5.74, 6) is 1.69. The van der Waals surface area contributed by atoms with E-state index in [1.54, 1.807) is 56.8 Å². The summed E-state index contributed by atoms with van der Waals surface area (Å²) in [6.07, 6.45) is 1.63. The highest BCUT2D eigenvalue weighted by molar-refractivity contribution is 7.80. The Bertz CT molecular complexity index is 1460. The largest absolute Gasteiger partial charge is 0.493 e. The van der Waals surface area contributed by atoms with Crippen molar-refractivity contribution >= 4 is 74.6 Å². The maximum atomic E-state index is 12.5. The lowest BCUT2D eigenvalue weighted by Gasteiger charge is -2.14. The Morgan fingerprint density at radius 1 is 0.889 bits per heavy atom. The van der Waals surface area contributed by atoms with Gasteiger partial charge in [-0.1, -0.05) is 34.8 Å². The third-order valence-electron chi connectivity index (χ3n) is 4.98. The van der Waals surface area contributed by atoms with Crippen molar-refractivity contribution in [2.45, 2.75) is 0 Å². The van der Waals surface area contributed by atoms with Gasteiger partial charge in [-0.05, 0) is 54.7 Å². The first-order chi connectivity index (χ1) is 17.3. The molecule has 1 amide bonds. The Morgan fingerprint density at radius 3 is 2.25 bits per heavy atom. The van der Waals surface area contributed by atoms with Gasteiger partial charge in [-0.3, -0.25) is 15.1 Å². The van der Waals surface area contributed by atoms with E-state index < -0.39 is 5.91 Å². The molecular weight excluding hydrogens is 545 g/mol. The number of fused-ring (bicyclic) bond motifs is 1. The summed E-state index contributed by atoms with van der Waals surface area (Å²) >= 11 is 23.6. The van der Waals surface area contributed by atoms with Gasteiger partial charge in [-0.25, -0.2) is 0 Å². The molecule has 0 aliphatic carbocycles. The lowest BCUT2D eigenvalue weighted by atomic mass is 10.2. The molecule has 4 rings (SSSR count). The monoisotopic (exact) mass is 561 g/mol. The zero-order valence-electron chi connectivity index (χ0n) is 18.9. The first-order valence-electron chi connectivity index (χ1n) is 10.3. The van der Waals surface area contributed by atoms with Crippen molar-refractivity contribution in [3.05, 3.63) is 81.4 Å². The number of methoxy groups -OCH3 is 2. The van der Waals surface area contributed by atoms with E-state index in [2.05, 4.69) is 15.6 Å². The van der Waals surface area contributed by atoms with Gasteiger partial charge >= 0.3 is 0 Å². The molecule has 0 bridgehead atoms. The number of nitrogens with zero attached hydrogens (tertiary/aromatic N) is 1. The van der Waals surface area contributed by atoms with Crippen molar-refractivity contribution in [2.24, 2.45) is 0 Å². The van der Waals surface area contributed by atoms with Crippen LogP contribution < -0.4 is 24.8 Å². The number of pyridine rings is 1. The Balaban J connectivity index is 1.49. The number of halogens is 3. The predicted molar refractivity (Wildman–Crippen MR) is 147 cm³/mol. The zero-order valence-corrected chi connectivity index (χ0v) is 22.0. The summed E-state index contributed by atoms with van der Waals surface area (Å²) < 4.78 is 16.8. The van der Waals surface area contributed by atoms with Crippen LogP contribution in [0.25, 0.3) is 10.9 Å². The number of carbonyl (C=O) groups is 1. The van der Waals surface area contributed by atoms with Crippen LogP contribution in [0.1, 0.15) is 10.4 Å². The number of aromatic nitrogens is 1. The maximum Gasteiger partial charge on any atom is 0.257 e. The number of amides is 1. The SMILES string of the molecule is COc1cc2nccc(Oc3ccc(NC(=S)NC(=O)c4cc(Cl)cc(Cl)c4)c(Cl)c3)c2cc1OC. The van der Waals surface area contributed by atoms with Crippen LogP contribution in [-0.2, 0) is 0 Å². The highest BCUT2D eigenvalue weighted by Gasteiger charge is 2.14. The number of hydrogen-bond donors (Lipinski definition) is 2. The van der Waals surface area contributed by atoms with Crippen molar-refractivity contribution in [3.63, 3.8) is 0 Å². The topological polar surface area (TPSA) is 81.7 Å². The summed E-state index contributed by atoms with van der Waals surface area (Å²) in [5, 5.41) is 7.25. The lowest BCUT2D eigenvalue weighted by molar-refractivity contribution is 0.0977. The minimum atomic E-state index is -0.468. The molecule has 7 nitrogen and oxygen atoms in total. The molecule has 4 aromatic rings. The van der Waals surface area contributed by atoms with Crippen LogP contribution in [0.15, 0.2) is 60.8 Å². The molecule has 0 aliphatic rings. The first-order valence-corrected chi connectivity index (χ1v) is 11.9. The smallest absolute Gasteiger partial charge is 0.257 e. The van der Waals surface area contributed by atoms with E-state index in [1.807, 2.05) is 0 Å². The molecule has 0 saturated carbocycles. The highest BCUT2D eigenvalue weighted by atomic mass is 35.5. The van der Waals surface area contributed by atoms with E-state index in [0.717, 1.165) is 5.39 Å². The molecule has 0 aliphatic heterocycles. The zero-order chi connectivity index (χ0) is 25.8. The summed E-state index contributed by atoms with van der Waals surface area (Å²) in [4.78, 5) is 16.8. The molecule has 3 aromatic carbocycles. The number of nitrogens with one attached hydrogen (secondary N) is 2. The van der Waals surface area contributed by atoms with Crippen LogP contribution in [0.4, 0.5) is 5.69 Å². The molecule has 11 heteroatoms. The average Bonchev–Trinajstić information content (AvgIpc) is 2.84. The molecule has 0 atom stereocenters. The highest BCUT2D eigenvalue weighted by Crippen LogP contribution is 2.37. The lowest BCUT2D eigenvalue weighted by Crippen LogP contribution is -2.34. The Kier molecular flexibility index (Phi) is 8.01. The van der Waals surface area contributed by atoms with Gasteiger partial charge < -0.3 is 19.5 Å². The summed E-state index contributed by atoms with van der Waals surface area (Å²) in [6, 6.07) is 14.8. The number of ether oxygens (including phenoxy) is 3. The van der Waals surface area contributed by atoms with Gasteiger partial charge in [0.25, 0.3) is 5.91 Å². The van der Waals surface area contributed by atoms with E-state index in [1.165, 1.54) is 18.2 Å². The second-order valence-corrected chi connectivity index (χ2v) is 9.03. The fourth-order valence-electron chi connectivity index (χ4n) is 3.34. The number of anilines is 1. The Labute approximate surface area is 227 Å². The van der Waals surface area contributed by atoms with E-state index in [9.17, 15) is 4.79 Å². The second-order valence-electron chi connectivity index (χ2n) is 7.34. The standard InChI is InChI=1S/C25H18Cl3N3O4S/c1-33-22-11-17-20(12-23(22)34-2)29-6-5-21(17)35-16-3-4-19(18(28)10-16)30-25(36)31-24(32)13-7-14(26)9-15(27)8-13/h3-12H,1-2H3,(H2,30,31,32,36). The van der Waals surface area contributed by atoms with Crippen molar-refractivity contribution in [3.8, 4) is 23.0 Å². The molecule has 0 fully saturated rings. The summed E-state index contributed by atoms with van der Waals surface area (Å²) in [7, 11) is 3.12. The molecule has 0 radical (unpaired) electrons. The maximum absolute atomic E-state index is 12.5. The average molecular weight is 563 g/mol.